The van der Waals surface area contributed by atoms with Crippen LogP contribution in [0.5, 0.6) is 5.75 Å². The molecule has 0 spiro atoms. The fourth-order valence-electron chi connectivity index (χ4n) is 3.90. The van der Waals surface area contributed by atoms with E-state index in [0.717, 1.165) is 27.1 Å². The number of nitro benzene ring substituents is 1. The molecule has 2 atom stereocenters. The van der Waals surface area contributed by atoms with Crippen LogP contribution in [0.2, 0.25) is 5.02 Å². The van der Waals surface area contributed by atoms with Crippen molar-refractivity contribution in [1.29, 1.82) is 0 Å². The summed E-state index contributed by atoms with van der Waals surface area (Å²) in [5, 5.41) is 18.4. The number of hydrogen-bond donors (Lipinski definition) is 0. The number of ether oxygens (including phenoxy) is 1. The van der Waals surface area contributed by atoms with Crippen molar-refractivity contribution in [2.24, 2.45) is 5.10 Å². The van der Waals surface area contributed by atoms with Crippen molar-refractivity contribution < 1.29 is 9.66 Å². The average molecular weight is 485 g/mol. The van der Waals surface area contributed by atoms with E-state index in [9.17, 15) is 10.1 Å². The van der Waals surface area contributed by atoms with Gasteiger partial charge in [-0.3, -0.25) is 10.1 Å². The first-order valence-electron chi connectivity index (χ1n) is 9.32. The molecule has 0 fully saturated rings. The summed E-state index contributed by atoms with van der Waals surface area (Å²) in [6.45, 7) is 0. The molecule has 6 nitrogen and oxygen atoms in total. The summed E-state index contributed by atoms with van der Waals surface area (Å²) in [6, 6.07) is 20.1. The molecular formula is C22H15BrClN3O3. The summed E-state index contributed by atoms with van der Waals surface area (Å²) >= 11 is 9.98. The van der Waals surface area contributed by atoms with Crippen LogP contribution in [-0.4, -0.2) is 15.6 Å². The molecule has 2 unspecified atom stereocenters. The Morgan fingerprint density at radius 1 is 1.10 bits per heavy atom. The molecule has 3 aromatic rings. The standard InChI is InChI=1S/C22H15BrClN3O3/c23-14-6-9-21-17(10-14)20-12-19(13-4-2-1-3-5-13)25-26(20)22(30-21)16-11-15(27(28)29)7-8-18(16)24/h1-11,20,22H,12H2. The van der Waals surface area contributed by atoms with Crippen LogP contribution in [0.4, 0.5) is 5.69 Å². The number of hydrogen-bond acceptors (Lipinski definition) is 5. The number of nitro groups is 1. The molecule has 0 bridgehead atoms. The molecule has 150 valence electrons. The Hall–Kier alpha value is -2.90. The van der Waals surface area contributed by atoms with Crippen molar-refractivity contribution in [2.45, 2.75) is 18.7 Å². The van der Waals surface area contributed by atoms with Gasteiger partial charge in [0.05, 0.1) is 16.7 Å². The molecule has 0 N–H and O–H groups in total. The third-order valence-electron chi connectivity index (χ3n) is 5.32. The summed E-state index contributed by atoms with van der Waals surface area (Å²) in [5.41, 5.74) is 3.46. The lowest BCUT2D eigenvalue weighted by Crippen LogP contribution is -2.34. The van der Waals surface area contributed by atoms with Gasteiger partial charge >= 0.3 is 0 Å². The molecule has 0 amide bonds. The molecule has 0 radical (unpaired) electrons. The predicted molar refractivity (Wildman–Crippen MR) is 118 cm³/mol. The highest BCUT2D eigenvalue weighted by Gasteiger charge is 2.42. The second-order valence-electron chi connectivity index (χ2n) is 7.13. The number of fused-ring (bicyclic) bond motifs is 3. The molecule has 2 heterocycles. The minimum absolute atomic E-state index is 0.0392. The second-order valence-corrected chi connectivity index (χ2v) is 8.45. The lowest BCUT2D eigenvalue weighted by atomic mass is 9.96. The van der Waals surface area contributed by atoms with Gasteiger partial charge in [-0.1, -0.05) is 57.9 Å². The Labute approximate surface area is 186 Å². The number of rotatable bonds is 3. The van der Waals surface area contributed by atoms with E-state index in [1.807, 2.05) is 53.5 Å². The largest absolute Gasteiger partial charge is 0.464 e. The Morgan fingerprint density at radius 2 is 1.90 bits per heavy atom. The molecule has 0 aromatic heterocycles. The number of hydrazone groups is 1. The molecule has 3 aromatic carbocycles. The normalized spacial score (nSPS) is 19.5. The van der Waals surface area contributed by atoms with Gasteiger partial charge < -0.3 is 4.74 Å². The highest BCUT2D eigenvalue weighted by Crippen LogP contribution is 2.49. The number of benzene rings is 3. The second kappa shape index (κ2) is 7.41. The SMILES string of the molecule is O=[N+]([O-])c1ccc(Cl)c(C2Oc3ccc(Br)cc3C3CC(c4ccccc4)=NN32)c1. The molecule has 0 aliphatic carbocycles. The number of non-ortho nitro benzene ring substituents is 1. The molecule has 5 rings (SSSR count). The van der Waals surface area contributed by atoms with Crippen LogP contribution in [-0.2, 0) is 0 Å². The van der Waals surface area contributed by atoms with Crippen LogP contribution >= 0.6 is 27.5 Å². The maximum absolute atomic E-state index is 11.3. The van der Waals surface area contributed by atoms with Crippen LogP contribution in [0.3, 0.4) is 0 Å². The lowest BCUT2D eigenvalue weighted by Gasteiger charge is -2.38. The number of halogens is 2. The molecule has 0 saturated heterocycles. The maximum atomic E-state index is 11.3. The number of nitrogens with zero attached hydrogens (tertiary/aromatic N) is 3. The third-order valence-corrected chi connectivity index (χ3v) is 6.15. The van der Waals surface area contributed by atoms with Gasteiger partial charge in [-0.05, 0) is 29.8 Å². The minimum atomic E-state index is -0.669. The molecule has 2 aliphatic heterocycles. The van der Waals surface area contributed by atoms with Gasteiger partial charge in [-0.15, -0.1) is 0 Å². The van der Waals surface area contributed by atoms with E-state index in [2.05, 4.69) is 15.9 Å². The highest BCUT2D eigenvalue weighted by molar-refractivity contribution is 9.10. The van der Waals surface area contributed by atoms with Crippen molar-refractivity contribution in [3.8, 4) is 5.75 Å². The fourth-order valence-corrected chi connectivity index (χ4v) is 4.49. The van der Waals surface area contributed by atoms with Crippen molar-refractivity contribution >= 4 is 38.9 Å². The average Bonchev–Trinajstić information content (AvgIpc) is 3.20. The first kappa shape index (κ1) is 19.1. The van der Waals surface area contributed by atoms with Crippen molar-refractivity contribution in [3.63, 3.8) is 0 Å². The maximum Gasteiger partial charge on any atom is 0.270 e. The summed E-state index contributed by atoms with van der Waals surface area (Å²) in [5.74, 6) is 0.719. The minimum Gasteiger partial charge on any atom is -0.464 e. The van der Waals surface area contributed by atoms with E-state index in [-0.39, 0.29) is 11.7 Å². The Kier molecular flexibility index (Phi) is 4.72. The van der Waals surface area contributed by atoms with Gasteiger partial charge in [0.15, 0.2) is 0 Å². The van der Waals surface area contributed by atoms with Crippen molar-refractivity contribution in [1.82, 2.24) is 5.01 Å². The molecule has 0 saturated carbocycles. The van der Waals surface area contributed by atoms with E-state index >= 15 is 0 Å². The van der Waals surface area contributed by atoms with Gasteiger partial charge in [0.2, 0.25) is 6.23 Å². The van der Waals surface area contributed by atoms with Gasteiger partial charge in [0.1, 0.15) is 5.75 Å². The Morgan fingerprint density at radius 3 is 2.67 bits per heavy atom. The third kappa shape index (κ3) is 3.24. The first-order chi connectivity index (χ1) is 14.5. The van der Waals surface area contributed by atoms with Gasteiger partial charge in [-0.25, -0.2) is 5.01 Å². The molecule has 2 aliphatic rings. The summed E-state index contributed by atoms with van der Waals surface area (Å²) in [6.07, 6.45) is 0.0251. The quantitative estimate of drug-likeness (QED) is 0.325. The zero-order chi connectivity index (χ0) is 20.8. The Balaban J connectivity index is 1.64. The zero-order valence-corrected chi connectivity index (χ0v) is 17.9. The van der Waals surface area contributed by atoms with Crippen LogP contribution < -0.4 is 4.74 Å². The predicted octanol–water partition coefficient (Wildman–Crippen LogP) is 6.25. The summed E-state index contributed by atoms with van der Waals surface area (Å²) < 4.78 is 7.23. The van der Waals surface area contributed by atoms with E-state index in [1.54, 1.807) is 0 Å². The van der Waals surface area contributed by atoms with Crippen molar-refractivity contribution in [3.05, 3.63) is 103 Å². The summed E-state index contributed by atoms with van der Waals surface area (Å²) in [7, 11) is 0. The van der Waals surface area contributed by atoms with Gasteiger partial charge in [0.25, 0.3) is 5.69 Å². The summed E-state index contributed by atoms with van der Waals surface area (Å²) in [4.78, 5) is 10.9. The first-order valence-corrected chi connectivity index (χ1v) is 10.5. The molecule has 30 heavy (non-hydrogen) atoms. The Bertz CT molecular complexity index is 1190. The van der Waals surface area contributed by atoms with E-state index in [4.69, 9.17) is 21.4 Å². The van der Waals surface area contributed by atoms with E-state index in [0.29, 0.717) is 17.0 Å². The van der Waals surface area contributed by atoms with Crippen LogP contribution in [0.25, 0.3) is 0 Å². The smallest absolute Gasteiger partial charge is 0.270 e. The zero-order valence-electron chi connectivity index (χ0n) is 15.5. The highest BCUT2D eigenvalue weighted by atomic mass is 79.9. The molecular weight excluding hydrogens is 470 g/mol. The van der Waals surface area contributed by atoms with Gasteiger partial charge in [0, 0.05) is 39.2 Å². The topological polar surface area (TPSA) is 68.0 Å². The molecule has 8 heteroatoms. The monoisotopic (exact) mass is 483 g/mol. The van der Waals surface area contributed by atoms with Crippen LogP contribution in [0.15, 0.2) is 76.3 Å². The van der Waals surface area contributed by atoms with E-state index in [1.165, 1.54) is 18.2 Å². The van der Waals surface area contributed by atoms with Gasteiger partial charge in [-0.2, -0.15) is 5.10 Å². The van der Waals surface area contributed by atoms with Crippen molar-refractivity contribution in [2.75, 3.05) is 0 Å². The van der Waals surface area contributed by atoms with E-state index < -0.39 is 11.2 Å². The fraction of sp³-hybridized carbons (Fsp3) is 0.136. The van der Waals surface area contributed by atoms with Crippen LogP contribution in [0, 0.1) is 10.1 Å². The van der Waals surface area contributed by atoms with Crippen LogP contribution in [0.1, 0.15) is 35.4 Å². The lowest BCUT2D eigenvalue weighted by molar-refractivity contribution is -0.385.